The van der Waals surface area contributed by atoms with Gasteiger partial charge in [0.1, 0.15) is 18.0 Å². The summed E-state index contributed by atoms with van der Waals surface area (Å²) in [6.07, 6.45) is 1.75. The topological polar surface area (TPSA) is 87.4 Å². The summed E-state index contributed by atoms with van der Waals surface area (Å²) in [7, 11) is 1.91. The molecule has 0 spiro atoms. The first-order valence-corrected chi connectivity index (χ1v) is 8.61. The van der Waals surface area contributed by atoms with E-state index in [1.165, 1.54) is 0 Å². The van der Waals surface area contributed by atoms with Gasteiger partial charge in [-0.1, -0.05) is 6.08 Å². The quantitative estimate of drug-likeness (QED) is 0.246. The summed E-state index contributed by atoms with van der Waals surface area (Å²) in [5.41, 5.74) is -0.0927. The van der Waals surface area contributed by atoms with Gasteiger partial charge in [0.25, 0.3) is 0 Å². The van der Waals surface area contributed by atoms with E-state index >= 15 is 0 Å². The van der Waals surface area contributed by atoms with Crippen molar-refractivity contribution in [2.75, 3.05) is 13.1 Å². The number of aliphatic imine (C=N–C) groups is 1. The Morgan fingerprint density at radius 2 is 2.24 bits per heavy atom. The first-order chi connectivity index (χ1) is 11.4. The zero-order valence-electron chi connectivity index (χ0n) is 14.7. The van der Waals surface area contributed by atoms with Crippen molar-refractivity contribution < 1.29 is 5.11 Å². The highest BCUT2D eigenvalue weighted by Gasteiger charge is 2.23. The Bertz CT molecular complexity index is 696. The maximum absolute atomic E-state index is 10.6. The summed E-state index contributed by atoms with van der Waals surface area (Å²) in [5, 5.41) is 28.9. The molecule has 25 heavy (non-hydrogen) atoms. The molecule has 2 aromatic rings. The lowest BCUT2D eigenvalue weighted by atomic mass is 9.99. The highest BCUT2D eigenvalue weighted by molar-refractivity contribution is 14.0. The third-order valence-electron chi connectivity index (χ3n) is 3.72. The van der Waals surface area contributed by atoms with Crippen molar-refractivity contribution in [3.05, 3.63) is 46.7 Å². The first kappa shape index (κ1) is 21.6. The molecule has 0 aliphatic rings. The Morgan fingerprint density at radius 3 is 2.80 bits per heavy atom. The van der Waals surface area contributed by atoms with Gasteiger partial charge in [0, 0.05) is 13.6 Å². The van der Waals surface area contributed by atoms with Crippen LogP contribution in [0.2, 0.25) is 0 Å². The lowest BCUT2D eigenvalue weighted by Gasteiger charge is -2.24. The zero-order chi connectivity index (χ0) is 17.6. The fourth-order valence-corrected chi connectivity index (χ4v) is 2.79. The van der Waals surface area contributed by atoms with E-state index in [1.807, 2.05) is 35.4 Å². The van der Waals surface area contributed by atoms with E-state index < -0.39 is 5.60 Å². The van der Waals surface area contributed by atoms with E-state index in [0.29, 0.717) is 25.6 Å². The second kappa shape index (κ2) is 9.88. The van der Waals surface area contributed by atoms with Crippen LogP contribution in [0, 0.1) is 6.92 Å². The Hall–Kier alpha value is -1.46. The van der Waals surface area contributed by atoms with Gasteiger partial charge in [-0.25, -0.2) is 4.99 Å². The predicted octanol–water partition coefficient (Wildman–Crippen LogP) is 1.93. The van der Waals surface area contributed by atoms with Crippen LogP contribution in [0.25, 0.3) is 0 Å². The van der Waals surface area contributed by atoms with Crippen LogP contribution in [0.15, 0.2) is 34.5 Å². The van der Waals surface area contributed by atoms with Gasteiger partial charge >= 0.3 is 0 Å². The normalized spacial score (nSPS) is 13.7. The van der Waals surface area contributed by atoms with Crippen molar-refractivity contribution in [1.29, 1.82) is 0 Å². The Morgan fingerprint density at radius 1 is 1.48 bits per heavy atom. The zero-order valence-corrected chi connectivity index (χ0v) is 17.8. The molecule has 0 aromatic carbocycles. The van der Waals surface area contributed by atoms with Crippen molar-refractivity contribution in [2.45, 2.75) is 26.0 Å². The fourth-order valence-electron chi connectivity index (χ4n) is 2.01. The number of aromatic nitrogens is 3. The minimum absolute atomic E-state index is 0. The average molecular weight is 476 g/mol. The third-order valence-corrected chi connectivity index (χ3v) is 4.40. The van der Waals surface area contributed by atoms with E-state index in [1.54, 1.807) is 24.3 Å². The summed E-state index contributed by atoms with van der Waals surface area (Å²) in [6.45, 7) is 8.68. The van der Waals surface area contributed by atoms with E-state index in [-0.39, 0.29) is 24.0 Å². The van der Waals surface area contributed by atoms with Crippen molar-refractivity contribution in [3.8, 4) is 0 Å². The molecule has 0 saturated carbocycles. The minimum Gasteiger partial charge on any atom is -0.384 e. The number of hydrogen-bond acceptors (Lipinski definition) is 5. The number of guanidine groups is 1. The molecule has 0 aliphatic carbocycles. The molecular formula is C16H25IN6OS. The predicted molar refractivity (Wildman–Crippen MR) is 112 cm³/mol. The Kier molecular flexibility index (Phi) is 8.53. The summed E-state index contributed by atoms with van der Waals surface area (Å²) in [6, 6.07) is 1.92. The lowest BCUT2D eigenvalue weighted by molar-refractivity contribution is 0.0621. The molecule has 2 aromatic heterocycles. The molecule has 0 radical (unpaired) electrons. The summed E-state index contributed by atoms with van der Waals surface area (Å²) >= 11 is 1.56. The standard InChI is InChI=1S/C16H24N6OS.HI/c1-5-7-17-15(18-9-14-21-20-12(2)22(14)4)19-11-16(3,23)13-6-8-24-10-13;/h5-6,8,10,23H,1,7,9,11H2,2-4H3,(H2,17,18,19);1H. The van der Waals surface area contributed by atoms with E-state index in [9.17, 15) is 5.11 Å². The van der Waals surface area contributed by atoms with Gasteiger partial charge in [-0.05, 0) is 36.2 Å². The summed E-state index contributed by atoms with van der Waals surface area (Å²) < 4.78 is 1.90. The third kappa shape index (κ3) is 6.08. The number of aryl methyl sites for hydroxylation is 1. The van der Waals surface area contributed by atoms with E-state index in [4.69, 9.17) is 0 Å². The van der Waals surface area contributed by atoms with Gasteiger partial charge in [0.2, 0.25) is 0 Å². The van der Waals surface area contributed by atoms with Crippen molar-refractivity contribution in [1.82, 2.24) is 25.4 Å². The van der Waals surface area contributed by atoms with E-state index in [2.05, 4.69) is 32.4 Å². The van der Waals surface area contributed by atoms with Crippen LogP contribution in [0.3, 0.4) is 0 Å². The van der Waals surface area contributed by atoms with Crippen molar-refractivity contribution in [2.24, 2.45) is 12.0 Å². The molecule has 0 bridgehead atoms. The van der Waals surface area contributed by atoms with E-state index in [0.717, 1.165) is 17.2 Å². The number of halogens is 1. The van der Waals surface area contributed by atoms with Gasteiger partial charge < -0.3 is 20.3 Å². The van der Waals surface area contributed by atoms with Crippen LogP contribution in [-0.2, 0) is 19.2 Å². The number of thiophene rings is 1. The second-order valence-electron chi connectivity index (χ2n) is 5.70. The molecule has 1 unspecified atom stereocenters. The maximum Gasteiger partial charge on any atom is 0.192 e. The van der Waals surface area contributed by atoms with Gasteiger partial charge in [-0.2, -0.15) is 11.3 Å². The van der Waals surface area contributed by atoms with Gasteiger partial charge in [-0.15, -0.1) is 40.8 Å². The van der Waals surface area contributed by atoms with Crippen molar-refractivity contribution in [3.63, 3.8) is 0 Å². The molecule has 2 heterocycles. The van der Waals surface area contributed by atoms with Gasteiger partial charge in [0.15, 0.2) is 11.8 Å². The Labute approximate surface area is 169 Å². The molecule has 0 fully saturated rings. The number of rotatable bonds is 7. The van der Waals surface area contributed by atoms with Crippen LogP contribution in [0.1, 0.15) is 24.1 Å². The second-order valence-corrected chi connectivity index (χ2v) is 6.48. The molecule has 2 rings (SSSR count). The Balaban J connectivity index is 0.00000312. The molecule has 1 atom stereocenters. The molecule has 3 N–H and O–H groups in total. The van der Waals surface area contributed by atoms with Crippen LogP contribution in [0.5, 0.6) is 0 Å². The SMILES string of the molecule is C=CCNC(=NCc1nnc(C)n1C)NCC(C)(O)c1ccsc1.I. The van der Waals surface area contributed by atoms with Gasteiger partial charge in [0.05, 0.1) is 6.54 Å². The highest BCUT2D eigenvalue weighted by atomic mass is 127. The molecular weight excluding hydrogens is 451 g/mol. The minimum atomic E-state index is -0.974. The number of aliphatic hydroxyl groups is 1. The van der Waals surface area contributed by atoms with Gasteiger partial charge in [-0.3, -0.25) is 0 Å². The number of nitrogens with one attached hydrogen (secondary N) is 2. The first-order valence-electron chi connectivity index (χ1n) is 7.67. The fraction of sp³-hybridized carbons (Fsp3) is 0.438. The number of hydrogen-bond donors (Lipinski definition) is 3. The van der Waals surface area contributed by atoms with Crippen molar-refractivity contribution >= 4 is 41.3 Å². The average Bonchev–Trinajstić information content (AvgIpc) is 3.20. The van der Waals surface area contributed by atoms with Crippen LogP contribution in [-0.4, -0.2) is 38.9 Å². The summed E-state index contributed by atoms with van der Waals surface area (Å²) in [4.78, 5) is 4.50. The summed E-state index contributed by atoms with van der Waals surface area (Å²) in [5.74, 6) is 2.21. The van der Waals surface area contributed by atoms with Crippen LogP contribution >= 0.6 is 35.3 Å². The monoisotopic (exact) mass is 476 g/mol. The van der Waals surface area contributed by atoms with Crippen LogP contribution in [0.4, 0.5) is 0 Å². The maximum atomic E-state index is 10.6. The molecule has 9 heteroatoms. The molecule has 138 valence electrons. The highest BCUT2D eigenvalue weighted by Crippen LogP contribution is 2.21. The lowest BCUT2D eigenvalue weighted by Crippen LogP contribution is -2.44. The molecule has 0 saturated heterocycles. The molecule has 7 nitrogen and oxygen atoms in total. The largest absolute Gasteiger partial charge is 0.384 e. The molecule has 0 amide bonds. The van der Waals surface area contributed by atoms with Crippen LogP contribution < -0.4 is 10.6 Å². The molecule has 0 aliphatic heterocycles. The number of nitrogens with zero attached hydrogens (tertiary/aromatic N) is 4. The smallest absolute Gasteiger partial charge is 0.192 e.